The number of rotatable bonds is 5. The molecule has 1 atom stereocenters. The predicted octanol–water partition coefficient (Wildman–Crippen LogP) is 3.01. The largest absolute Gasteiger partial charge is 0.353 e. The molecule has 0 fully saturated rings. The van der Waals surface area contributed by atoms with Crippen molar-refractivity contribution in [1.29, 1.82) is 0 Å². The molecule has 1 aromatic heterocycles. The molecule has 0 amide bonds. The zero-order valence-electron chi connectivity index (χ0n) is 12.3. The summed E-state index contributed by atoms with van der Waals surface area (Å²) in [5.41, 5.74) is 10.0. The van der Waals surface area contributed by atoms with Crippen molar-refractivity contribution in [2.24, 2.45) is 5.73 Å². The van der Waals surface area contributed by atoms with Gasteiger partial charge in [0.05, 0.1) is 0 Å². The lowest BCUT2D eigenvalue weighted by Crippen LogP contribution is -2.14. The van der Waals surface area contributed by atoms with Crippen LogP contribution in [0.25, 0.3) is 0 Å². The van der Waals surface area contributed by atoms with Gasteiger partial charge < -0.3 is 10.6 Å². The first-order valence-electron chi connectivity index (χ1n) is 6.43. The number of nitrogens with zero attached hydrogens (tertiary/aromatic N) is 3. The third kappa shape index (κ3) is 3.71. The van der Waals surface area contributed by atoms with Crippen molar-refractivity contribution in [2.75, 3.05) is 24.7 Å². The standard InChI is InChI=1S/C14H20N4S2/c1-9-5-6-11(10(2)7-9)12(15)8-19-14-17-16-13(20-14)18(3)4/h5-7,12H,8,15H2,1-4H3. The van der Waals surface area contributed by atoms with Crippen molar-refractivity contribution in [3.8, 4) is 0 Å². The number of nitrogens with two attached hydrogens (primary N) is 1. The Morgan fingerprint density at radius 3 is 2.65 bits per heavy atom. The van der Waals surface area contributed by atoms with E-state index in [0.29, 0.717) is 0 Å². The van der Waals surface area contributed by atoms with Crippen LogP contribution in [0.3, 0.4) is 0 Å². The molecule has 1 unspecified atom stereocenters. The molecule has 20 heavy (non-hydrogen) atoms. The van der Waals surface area contributed by atoms with E-state index in [4.69, 9.17) is 5.73 Å². The average molecular weight is 308 g/mol. The van der Waals surface area contributed by atoms with E-state index in [1.807, 2.05) is 19.0 Å². The van der Waals surface area contributed by atoms with Gasteiger partial charge in [-0.1, -0.05) is 46.9 Å². The Balaban J connectivity index is 1.99. The van der Waals surface area contributed by atoms with Gasteiger partial charge in [-0.2, -0.15) is 0 Å². The first-order valence-corrected chi connectivity index (χ1v) is 8.24. The number of aromatic nitrogens is 2. The topological polar surface area (TPSA) is 55.0 Å². The highest BCUT2D eigenvalue weighted by molar-refractivity contribution is 8.01. The second-order valence-electron chi connectivity index (χ2n) is 5.02. The van der Waals surface area contributed by atoms with Gasteiger partial charge in [-0.3, -0.25) is 0 Å². The Morgan fingerprint density at radius 2 is 2.05 bits per heavy atom. The number of hydrogen-bond donors (Lipinski definition) is 1. The minimum absolute atomic E-state index is 0.0207. The average Bonchev–Trinajstić information content (AvgIpc) is 2.85. The second-order valence-corrected chi connectivity index (χ2v) is 7.25. The summed E-state index contributed by atoms with van der Waals surface area (Å²) in [5.74, 6) is 0.811. The lowest BCUT2D eigenvalue weighted by Gasteiger charge is -2.14. The molecule has 2 N–H and O–H groups in total. The summed E-state index contributed by atoms with van der Waals surface area (Å²) in [4.78, 5) is 1.96. The summed E-state index contributed by atoms with van der Waals surface area (Å²) < 4.78 is 0.967. The normalized spacial score (nSPS) is 12.4. The Bertz CT molecular complexity index is 580. The summed E-state index contributed by atoms with van der Waals surface area (Å²) in [7, 11) is 3.94. The molecule has 0 aliphatic heterocycles. The zero-order chi connectivity index (χ0) is 14.7. The number of aryl methyl sites for hydroxylation is 2. The van der Waals surface area contributed by atoms with Crippen molar-refractivity contribution in [1.82, 2.24) is 10.2 Å². The van der Waals surface area contributed by atoms with E-state index in [1.165, 1.54) is 16.7 Å². The molecular formula is C14H20N4S2. The minimum atomic E-state index is 0.0207. The van der Waals surface area contributed by atoms with Crippen molar-refractivity contribution < 1.29 is 0 Å². The maximum absolute atomic E-state index is 6.29. The van der Waals surface area contributed by atoms with Crippen molar-refractivity contribution >= 4 is 28.2 Å². The van der Waals surface area contributed by atoms with Crippen LogP contribution in [-0.2, 0) is 0 Å². The van der Waals surface area contributed by atoms with Gasteiger partial charge in [0, 0.05) is 25.9 Å². The Labute approximate surface area is 128 Å². The first-order chi connectivity index (χ1) is 9.47. The highest BCUT2D eigenvalue weighted by atomic mass is 32.2. The molecule has 0 bridgehead atoms. The molecule has 0 radical (unpaired) electrons. The van der Waals surface area contributed by atoms with Crippen LogP contribution in [0.5, 0.6) is 0 Å². The van der Waals surface area contributed by atoms with Crippen LogP contribution in [0, 0.1) is 13.8 Å². The molecule has 0 saturated carbocycles. The highest BCUT2D eigenvalue weighted by Gasteiger charge is 2.12. The third-order valence-corrected chi connectivity index (χ3v) is 5.33. The summed E-state index contributed by atoms with van der Waals surface area (Å²) in [5, 5.41) is 9.23. The van der Waals surface area contributed by atoms with Crippen LogP contribution in [0.1, 0.15) is 22.7 Å². The Hall–Kier alpha value is -1.11. The molecule has 108 valence electrons. The minimum Gasteiger partial charge on any atom is -0.353 e. The van der Waals surface area contributed by atoms with Crippen LogP contribution < -0.4 is 10.6 Å². The van der Waals surface area contributed by atoms with E-state index >= 15 is 0 Å². The Kier molecular flexibility index (Phi) is 5.01. The van der Waals surface area contributed by atoms with Gasteiger partial charge in [0.2, 0.25) is 5.13 Å². The SMILES string of the molecule is Cc1ccc(C(N)CSc2nnc(N(C)C)s2)c(C)c1. The van der Waals surface area contributed by atoms with Crippen molar-refractivity contribution in [2.45, 2.75) is 24.2 Å². The molecule has 2 aromatic rings. The quantitative estimate of drug-likeness (QED) is 0.861. The number of thioether (sulfide) groups is 1. The molecule has 4 nitrogen and oxygen atoms in total. The van der Waals surface area contributed by atoms with Gasteiger partial charge >= 0.3 is 0 Å². The van der Waals surface area contributed by atoms with Gasteiger partial charge in [0.25, 0.3) is 0 Å². The maximum atomic E-state index is 6.29. The molecule has 1 aromatic carbocycles. The highest BCUT2D eigenvalue weighted by Crippen LogP contribution is 2.30. The molecule has 2 rings (SSSR count). The second kappa shape index (κ2) is 6.56. The van der Waals surface area contributed by atoms with E-state index in [0.717, 1.165) is 15.2 Å². The predicted molar refractivity (Wildman–Crippen MR) is 87.8 cm³/mol. The fourth-order valence-corrected chi connectivity index (χ4v) is 3.70. The third-order valence-electron chi connectivity index (χ3n) is 2.99. The molecule has 6 heteroatoms. The smallest absolute Gasteiger partial charge is 0.208 e. The Morgan fingerprint density at radius 1 is 1.30 bits per heavy atom. The van der Waals surface area contributed by atoms with E-state index in [1.54, 1.807) is 23.1 Å². The van der Waals surface area contributed by atoms with Crippen LogP contribution in [-0.4, -0.2) is 30.0 Å². The number of benzene rings is 1. The van der Waals surface area contributed by atoms with Gasteiger partial charge in [-0.05, 0) is 25.0 Å². The monoisotopic (exact) mass is 308 g/mol. The first kappa shape index (κ1) is 15.3. The van der Waals surface area contributed by atoms with E-state index in [2.05, 4.69) is 42.2 Å². The van der Waals surface area contributed by atoms with Gasteiger partial charge in [-0.25, -0.2) is 0 Å². The fourth-order valence-electron chi connectivity index (χ4n) is 1.93. The summed E-state index contributed by atoms with van der Waals surface area (Å²) in [6, 6.07) is 6.44. The number of hydrogen-bond acceptors (Lipinski definition) is 6. The van der Waals surface area contributed by atoms with E-state index in [-0.39, 0.29) is 6.04 Å². The number of anilines is 1. The molecule has 0 spiro atoms. The zero-order valence-corrected chi connectivity index (χ0v) is 13.9. The molecular weight excluding hydrogens is 288 g/mol. The fraction of sp³-hybridized carbons (Fsp3) is 0.429. The van der Waals surface area contributed by atoms with E-state index in [9.17, 15) is 0 Å². The van der Waals surface area contributed by atoms with Crippen LogP contribution in [0.4, 0.5) is 5.13 Å². The molecule has 0 aliphatic rings. The van der Waals surface area contributed by atoms with Gasteiger partial charge in [-0.15, -0.1) is 10.2 Å². The maximum Gasteiger partial charge on any atom is 0.208 e. The summed E-state index contributed by atoms with van der Waals surface area (Å²) in [6.07, 6.45) is 0. The summed E-state index contributed by atoms with van der Waals surface area (Å²) in [6.45, 7) is 4.21. The van der Waals surface area contributed by atoms with Crippen molar-refractivity contribution in [3.05, 3.63) is 34.9 Å². The molecule has 0 saturated heterocycles. The summed E-state index contributed by atoms with van der Waals surface area (Å²) >= 11 is 3.26. The van der Waals surface area contributed by atoms with Crippen LogP contribution >= 0.6 is 23.1 Å². The molecule has 0 aliphatic carbocycles. The van der Waals surface area contributed by atoms with E-state index < -0.39 is 0 Å². The van der Waals surface area contributed by atoms with Gasteiger partial charge in [0.1, 0.15) is 0 Å². The van der Waals surface area contributed by atoms with Gasteiger partial charge in [0.15, 0.2) is 4.34 Å². The van der Waals surface area contributed by atoms with Crippen molar-refractivity contribution in [3.63, 3.8) is 0 Å². The molecule has 1 heterocycles. The lowest BCUT2D eigenvalue weighted by atomic mass is 10.0. The van der Waals surface area contributed by atoms with Crippen LogP contribution in [0.2, 0.25) is 0 Å². The van der Waals surface area contributed by atoms with Crippen LogP contribution in [0.15, 0.2) is 22.5 Å². The lowest BCUT2D eigenvalue weighted by molar-refractivity contribution is 0.821.